The monoisotopic (exact) mass is 279 g/mol. The van der Waals surface area contributed by atoms with E-state index in [1.807, 2.05) is 20.8 Å². The van der Waals surface area contributed by atoms with E-state index in [0.717, 1.165) is 0 Å². The predicted molar refractivity (Wildman–Crippen MR) is 68.8 cm³/mol. The minimum absolute atomic E-state index is 0.0570. The summed E-state index contributed by atoms with van der Waals surface area (Å²) < 4.78 is 13.7. The van der Waals surface area contributed by atoms with E-state index in [9.17, 15) is 9.50 Å². The fraction of sp³-hybridized carbons (Fsp3) is 0.500. The number of hydrogen-bond donors (Lipinski definition) is 2. The van der Waals surface area contributed by atoms with Gasteiger partial charge in [0.05, 0.1) is 22.2 Å². The van der Waals surface area contributed by atoms with E-state index in [1.54, 1.807) is 0 Å². The molecule has 0 radical (unpaired) electrons. The van der Waals surface area contributed by atoms with E-state index in [2.05, 4.69) is 0 Å². The van der Waals surface area contributed by atoms with Crippen molar-refractivity contribution in [3.8, 4) is 0 Å². The molecule has 0 bridgehead atoms. The molecule has 0 unspecified atom stereocenters. The Bertz CT molecular complexity index is 418. The Hall–Kier alpha value is -0.350. The van der Waals surface area contributed by atoms with Gasteiger partial charge in [-0.05, 0) is 17.5 Å². The molecule has 0 aliphatic heterocycles. The second-order valence-electron chi connectivity index (χ2n) is 5.09. The number of aliphatic hydroxyl groups is 1. The number of halogens is 3. The van der Waals surface area contributed by atoms with Gasteiger partial charge < -0.3 is 10.8 Å². The first-order valence-corrected chi connectivity index (χ1v) is 5.99. The van der Waals surface area contributed by atoms with Gasteiger partial charge in [-0.1, -0.05) is 44.0 Å². The van der Waals surface area contributed by atoms with Gasteiger partial charge in [0.1, 0.15) is 5.82 Å². The Morgan fingerprint density at radius 3 is 2.29 bits per heavy atom. The van der Waals surface area contributed by atoms with Crippen LogP contribution in [0.15, 0.2) is 12.1 Å². The average Bonchev–Trinajstić information content (AvgIpc) is 2.21. The van der Waals surface area contributed by atoms with Gasteiger partial charge in [-0.2, -0.15) is 0 Å². The molecule has 0 fully saturated rings. The third-order valence-electron chi connectivity index (χ3n) is 2.64. The van der Waals surface area contributed by atoms with Crippen molar-refractivity contribution in [3.05, 3.63) is 33.6 Å². The summed E-state index contributed by atoms with van der Waals surface area (Å²) in [5, 5.41) is 10.3. The summed E-state index contributed by atoms with van der Waals surface area (Å²) in [6.45, 7) is 5.44. The summed E-state index contributed by atoms with van der Waals surface area (Å²) >= 11 is 11.7. The first-order chi connectivity index (χ1) is 7.66. The molecule has 0 aliphatic rings. The van der Waals surface area contributed by atoms with Crippen molar-refractivity contribution in [2.75, 3.05) is 0 Å². The summed E-state index contributed by atoms with van der Waals surface area (Å²) in [6, 6.07) is 1.64. The highest BCUT2D eigenvalue weighted by molar-refractivity contribution is 6.42. The zero-order chi connectivity index (χ0) is 13.4. The smallest absolute Gasteiger partial charge is 0.129 e. The Morgan fingerprint density at radius 2 is 1.82 bits per heavy atom. The van der Waals surface area contributed by atoms with Gasteiger partial charge in [-0.15, -0.1) is 0 Å². The molecule has 0 aliphatic carbocycles. The molecular formula is C12H16Cl2FNO. The average molecular weight is 280 g/mol. The van der Waals surface area contributed by atoms with E-state index in [4.69, 9.17) is 28.9 Å². The highest BCUT2D eigenvalue weighted by Gasteiger charge is 2.32. The van der Waals surface area contributed by atoms with E-state index >= 15 is 0 Å². The molecule has 0 saturated carbocycles. The lowest BCUT2D eigenvalue weighted by Crippen LogP contribution is -2.37. The molecule has 3 N–H and O–H groups in total. The molecule has 1 aromatic rings. The van der Waals surface area contributed by atoms with Crippen LogP contribution >= 0.6 is 23.2 Å². The van der Waals surface area contributed by atoms with Gasteiger partial charge in [0.15, 0.2) is 0 Å². The van der Waals surface area contributed by atoms with Crippen LogP contribution < -0.4 is 5.73 Å². The fourth-order valence-electron chi connectivity index (χ4n) is 1.54. The Kier molecular flexibility index (Phi) is 4.42. The van der Waals surface area contributed by atoms with Crippen LogP contribution in [0.25, 0.3) is 0 Å². The first-order valence-electron chi connectivity index (χ1n) is 5.23. The van der Waals surface area contributed by atoms with E-state index < -0.39 is 23.4 Å². The standard InChI is InChI=1S/C12H16Cl2FNO/c1-12(2,3)11(17)10(16)8-7(15)5-4-6(13)9(8)14/h4-5,10-11,17H,16H2,1-3H3/t10-,11-/m0/s1. The summed E-state index contributed by atoms with van der Waals surface area (Å²) in [4.78, 5) is 0. The van der Waals surface area contributed by atoms with Crippen LogP contribution in [-0.2, 0) is 0 Å². The topological polar surface area (TPSA) is 46.2 Å². The summed E-state index contributed by atoms with van der Waals surface area (Å²) in [5.41, 5.74) is 5.44. The van der Waals surface area contributed by atoms with Crippen LogP contribution in [0.4, 0.5) is 4.39 Å². The Morgan fingerprint density at radius 1 is 1.29 bits per heavy atom. The largest absolute Gasteiger partial charge is 0.391 e. The van der Waals surface area contributed by atoms with E-state index in [0.29, 0.717) is 0 Å². The Labute approximate surface area is 111 Å². The number of aliphatic hydroxyl groups excluding tert-OH is 1. The summed E-state index contributed by atoms with van der Waals surface area (Å²) in [5.74, 6) is -0.560. The third kappa shape index (κ3) is 3.10. The third-order valence-corrected chi connectivity index (χ3v) is 3.46. The van der Waals surface area contributed by atoms with Crippen LogP contribution in [0.2, 0.25) is 10.0 Å². The number of nitrogens with two attached hydrogens (primary N) is 1. The quantitative estimate of drug-likeness (QED) is 0.814. The predicted octanol–water partition coefficient (Wildman–Crippen LogP) is 3.54. The zero-order valence-corrected chi connectivity index (χ0v) is 11.5. The van der Waals surface area contributed by atoms with Crippen molar-refractivity contribution < 1.29 is 9.50 Å². The normalized spacial score (nSPS) is 15.8. The van der Waals surface area contributed by atoms with Gasteiger partial charge >= 0.3 is 0 Å². The molecule has 2 nitrogen and oxygen atoms in total. The molecule has 1 rings (SSSR count). The fourth-order valence-corrected chi connectivity index (χ4v) is 1.99. The lowest BCUT2D eigenvalue weighted by atomic mass is 9.82. The van der Waals surface area contributed by atoms with Crippen LogP contribution in [0.5, 0.6) is 0 Å². The van der Waals surface area contributed by atoms with Gasteiger partial charge in [0.2, 0.25) is 0 Å². The van der Waals surface area contributed by atoms with E-state index in [-0.39, 0.29) is 15.6 Å². The second-order valence-corrected chi connectivity index (χ2v) is 5.88. The van der Waals surface area contributed by atoms with Crippen LogP contribution in [0.1, 0.15) is 32.4 Å². The lowest BCUT2D eigenvalue weighted by molar-refractivity contribution is 0.0392. The highest BCUT2D eigenvalue weighted by Crippen LogP contribution is 2.36. The molecule has 17 heavy (non-hydrogen) atoms. The minimum Gasteiger partial charge on any atom is -0.391 e. The zero-order valence-electron chi connectivity index (χ0n) is 9.97. The molecule has 96 valence electrons. The van der Waals surface area contributed by atoms with Crippen molar-refractivity contribution >= 4 is 23.2 Å². The molecule has 0 spiro atoms. The first kappa shape index (κ1) is 14.7. The van der Waals surface area contributed by atoms with Gasteiger partial charge in [-0.3, -0.25) is 0 Å². The molecular weight excluding hydrogens is 264 g/mol. The summed E-state index contributed by atoms with van der Waals surface area (Å²) in [6.07, 6.45) is -0.923. The molecule has 0 amide bonds. The molecule has 1 aromatic carbocycles. The maximum Gasteiger partial charge on any atom is 0.129 e. The molecule has 0 aromatic heterocycles. The highest BCUT2D eigenvalue weighted by atomic mass is 35.5. The van der Waals surface area contributed by atoms with Gasteiger partial charge in [-0.25, -0.2) is 4.39 Å². The van der Waals surface area contributed by atoms with Crippen molar-refractivity contribution in [2.24, 2.45) is 11.1 Å². The van der Waals surface area contributed by atoms with E-state index in [1.165, 1.54) is 12.1 Å². The molecule has 5 heteroatoms. The lowest BCUT2D eigenvalue weighted by Gasteiger charge is -2.31. The van der Waals surface area contributed by atoms with Gasteiger partial charge in [0.25, 0.3) is 0 Å². The number of benzene rings is 1. The Balaban J connectivity index is 3.21. The van der Waals surface area contributed by atoms with Crippen LogP contribution in [-0.4, -0.2) is 11.2 Å². The van der Waals surface area contributed by atoms with Crippen molar-refractivity contribution in [1.82, 2.24) is 0 Å². The van der Waals surface area contributed by atoms with Crippen molar-refractivity contribution in [3.63, 3.8) is 0 Å². The molecule has 0 saturated heterocycles. The second kappa shape index (κ2) is 5.11. The van der Waals surface area contributed by atoms with Crippen LogP contribution in [0.3, 0.4) is 0 Å². The van der Waals surface area contributed by atoms with Gasteiger partial charge in [0, 0.05) is 5.56 Å². The molecule has 0 heterocycles. The maximum absolute atomic E-state index is 13.7. The SMILES string of the molecule is CC(C)(C)[C@@H](O)[C@@H](N)c1c(F)ccc(Cl)c1Cl. The van der Waals surface area contributed by atoms with Crippen molar-refractivity contribution in [1.29, 1.82) is 0 Å². The van der Waals surface area contributed by atoms with Crippen LogP contribution in [0, 0.1) is 11.2 Å². The summed E-state index contributed by atoms with van der Waals surface area (Å²) in [7, 11) is 0. The maximum atomic E-state index is 13.7. The van der Waals surface area contributed by atoms with Crippen molar-refractivity contribution in [2.45, 2.75) is 32.9 Å². The number of hydrogen-bond acceptors (Lipinski definition) is 2. The number of rotatable bonds is 2. The molecule has 2 atom stereocenters. The minimum atomic E-state index is -0.923.